The first kappa shape index (κ1) is 14.1. The third-order valence-corrected chi connectivity index (χ3v) is 3.32. The van der Waals surface area contributed by atoms with Gasteiger partial charge in [0.25, 0.3) is 0 Å². The second-order valence-electron chi connectivity index (χ2n) is 5.29. The van der Waals surface area contributed by atoms with E-state index in [0.29, 0.717) is 17.9 Å². The zero-order chi connectivity index (χ0) is 15.7. The van der Waals surface area contributed by atoms with E-state index in [1.807, 2.05) is 6.92 Å². The maximum Gasteiger partial charge on any atom is 0.415 e. The summed E-state index contributed by atoms with van der Waals surface area (Å²) in [5, 5.41) is 10.7. The molecule has 1 aliphatic rings. The van der Waals surface area contributed by atoms with Crippen molar-refractivity contribution in [1.82, 2.24) is 9.55 Å². The summed E-state index contributed by atoms with van der Waals surface area (Å²) in [5.74, 6) is 0.383. The van der Waals surface area contributed by atoms with Gasteiger partial charge in [-0.1, -0.05) is 0 Å². The van der Waals surface area contributed by atoms with Crippen molar-refractivity contribution in [3.8, 4) is 11.8 Å². The van der Waals surface area contributed by atoms with Gasteiger partial charge in [-0.05, 0) is 36.1 Å². The molecule has 1 aromatic carbocycles. The molecule has 8 heteroatoms. The van der Waals surface area contributed by atoms with Crippen LogP contribution in [0.4, 0.5) is 5.82 Å². The van der Waals surface area contributed by atoms with E-state index in [9.17, 15) is 14.9 Å². The van der Waals surface area contributed by atoms with Gasteiger partial charge in [0.2, 0.25) is 0 Å². The highest BCUT2D eigenvalue weighted by Crippen LogP contribution is 2.31. The van der Waals surface area contributed by atoms with E-state index < -0.39 is 10.5 Å². The van der Waals surface area contributed by atoms with Gasteiger partial charge in [-0.25, -0.2) is 0 Å². The number of nitrogens with zero attached hydrogens (tertiary/aromatic N) is 3. The molecule has 0 N–H and O–H groups in total. The van der Waals surface area contributed by atoms with E-state index in [1.165, 1.54) is 6.20 Å². The molecule has 2 heterocycles. The molecule has 0 fully saturated rings. The molecule has 0 amide bonds. The van der Waals surface area contributed by atoms with Gasteiger partial charge in [0.05, 0.1) is 6.54 Å². The van der Waals surface area contributed by atoms with E-state index >= 15 is 0 Å². The Bertz CT molecular complexity index is 699. The standard InChI is InChI=1S/C14H13N3O5/c1-14(9-21-11-4-2-10(7-18)3-5-11)8-16-6-12(17(19)20)15-13(16)22-14/h2-7H,8-9H2,1H3. The van der Waals surface area contributed by atoms with Crippen molar-refractivity contribution in [2.24, 2.45) is 0 Å². The number of carbonyl (C=O) groups excluding carboxylic acids is 1. The summed E-state index contributed by atoms with van der Waals surface area (Å²) in [6.45, 7) is 2.51. The highest BCUT2D eigenvalue weighted by atomic mass is 16.6. The molecule has 1 atom stereocenters. The van der Waals surface area contributed by atoms with Crippen LogP contribution in [0.2, 0.25) is 0 Å². The minimum atomic E-state index is -0.652. The third-order valence-electron chi connectivity index (χ3n) is 3.32. The Labute approximate surface area is 125 Å². The Balaban J connectivity index is 1.64. The molecule has 0 radical (unpaired) electrons. The van der Waals surface area contributed by atoms with Crippen LogP contribution in [0.25, 0.3) is 0 Å². The zero-order valence-electron chi connectivity index (χ0n) is 11.8. The molecule has 8 nitrogen and oxygen atoms in total. The largest absolute Gasteiger partial charge is 0.489 e. The van der Waals surface area contributed by atoms with Gasteiger partial charge in [-0.3, -0.25) is 9.36 Å². The maximum absolute atomic E-state index is 10.7. The molecule has 0 bridgehead atoms. The van der Waals surface area contributed by atoms with Crippen LogP contribution >= 0.6 is 0 Å². The number of hydrogen-bond acceptors (Lipinski definition) is 6. The van der Waals surface area contributed by atoms with Gasteiger partial charge in [-0.15, -0.1) is 0 Å². The molecule has 0 spiro atoms. The van der Waals surface area contributed by atoms with Gasteiger partial charge >= 0.3 is 11.8 Å². The number of imidazole rings is 1. The van der Waals surface area contributed by atoms with Crippen LogP contribution in [0.3, 0.4) is 0 Å². The summed E-state index contributed by atoms with van der Waals surface area (Å²) < 4.78 is 12.9. The van der Waals surface area contributed by atoms with E-state index in [1.54, 1.807) is 28.8 Å². The monoisotopic (exact) mass is 303 g/mol. The lowest BCUT2D eigenvalue weighted by atomic mass is 10.1. The number of carbonyl (C=O) groups is 1. The maximum atomic E-state index is 10.7. The van der Waals surface area contributed by atoms with Crippen molar-refractivity contribution in [3.63, 3.8) is 0 Å². The van der Waals surface area contributed by atoms with E-state index in [0.717, 1.165) is 6.29 Å². The van der Waals surface area contributed by atoms with Crippen molar-refractivity contribution in [3.05, 3.63) is 46.1 Å². The molecule has 22 heavy (non-hydrogen) atoms. The van der Waals surface area contributed by atoms with Crippen LogP contribution in [0.5, 0.6) is 11.8 Å². The number of nitro groups is 1. The highest BCUT2D eigenvalue weighted by molar-refractivity contribution is 5.74. The number of ether oxygens (including phenoxy) is 2. The highest BCUT2D eigenvalue weighted by Gasteiger charge is 2.41. The van der Waals surface area contributed by atoms with Crippen LogP contribution < -0.4 is 9.47 Å². The molecule has 0 saturated carbocycles. The number of aldehydes is 1. The number of aromatic nitrogens is 2. The lowest BCUT2D eigenvalue weighted by Crippen LogP contribution is -2.38. The second-order valence-corrected chi connectivity index (χ2v) is 5.29. The Kier molecular flexibility index (Phi) is 3.28. The lowest BCUT2D eigenvalue weighted by molar-refractivity contribution is -0.389. The number of hydrogen-bond donors (Lipinski definition) is 0. The van der Waals surface area contributed by atoms with Crippen LogP contribution in [0.15, 0.2) is 30.5 Å². The molecular formula is C14H13N3O5. The van der Waals surface area contributed by atoms with Crippen LogP contribution in [-0.2, 0) is 6.54 Å². The summed E-state index contributed by atoms with van der Waals surface area (Å²) in [4.78, 5) is 24.5. The predicted molar refractivity (Wildman–Crippen MR) is 75.2 cm³/mol. The first-order chi connectivity index (χ1) is 10.5. The Morgan fingerprint density at radius 1 is 1.50 bits per heavy atom. The van der Waals surface area contributed by atoms with E-state index in [-0.39, 0.29) is 18.4 Å². The molecule has 3 rings (SSSR count). The quantitative estimate of drug-likeness (QED) is 0.475. The van der Waals surface area contributed by atoms with E-state index in [4.69, 9.17) is 9.47 Å². The van der Waals surface area contributed by atoms with Gasteiger partial charge in [-0.2, -0.15) is 0 Å². The number of fused-ring (bicyclic) bond motifs is 1. The van der Waals surface area contributed by atoms with Crippen molar-refractivity contribution >= 4 is 12.1 Å². The third kappa shape index (κ3) is 2.62. The summed E-state index contributed by atoms with van der Waals surface area (Å²) in [6.07, 6.45) is 2.11. The minimum absolute atomic E-state index is 0.217. The van der Waals surface area contributed by atoms with Crippen molar-refractivity contribution < 1.29 is 19.2 Å². The summed E-state index contributed by atoms with van der Waals surface area (Å²) in [6, 6.07) is 6.94. The second kappa shape index (κ2) is 5.14. The molecule has 114 valence electrons. The summed E-state index contributed by atoms with van der Waals surface area (Å²) in [5.41, 5.74) is -0.0797. The molecule has 1 aromatic heterocycles. The molecule has 0 aliphatic carbocycles. The smallest absolute Gasteiger partial charge is 0.415 e. The number of rotatable bonds is 5. The summed E-state index contributed by atoms with van der Waals surface area (Å²) in [7, 11) is 0. The van der Waals surface area contributed by atoms with Gasteiger partial charge in [0.1, 0.15) is 24.8 Å². The molecule has 1 unspecified atom stereocenters. The van der Waals surface area contributed by atoms with Crippen LogP contribution in [-0.4, -0.2) is 33.0 Å². The lowest BCUT2D eigenvalue weighted by Gasteiger charge is -2.22. The Morgan fingerprint density at radius 3 is 2.82 bits per heavy atom. The summed E-state index contributed by atoms with van der Waals surface area (Å²) >= 11 is 0. The Morgan fingerprint density at radius 2 is 2.23 bits per heavy atom. The number of benzene rings is 1. The van der Waals surface area contributed by atoms with Crippen LogP contribution in [0, 0.1) is 10.1 Å². The van der Waals surface area contributed by atoms with Gasteiger partial charge < -0.3 is 19.6 Å². The van der Waals surface area contributed by atoms with Gasteiger partial charge in [0, 0.05) is 10.5 Å². The van der Waals surface area contributed by atoms with Gasteiger partial charge in [0.15, 0.2) is 5.60 Å². The minimum Gasteiger partial charge on any atom is -0.489 e. The fraction of sp³-hybridized carbons (Fsp3) is 0.286. The van der Waals surface area contributed by atoms with Crippen LogP contribution in [0.1, 0.15) is 17.3 Å². The fourth-order valence-corrected chi connectivity index (χ4v) is 2.24. The fourth-order valence-electron chi connectivity index (χ4n) is 2.24. The first-order valence-corrected chi connectivity index (χ1v) is 6.58. The zero-order valence-corrected chi connectivity index (χ0v) is 11.8. The Hall–Kier alpha value is -2.90. The first-order valence-electron chi connectivity index (χ1n) is 6.58. The van der Waals surface area contributed by atoms with Crippen molar-refractivity contribution in [2.75, 3.05) is 6.61 Å². The molecular weight excluding hydrogens is 290 g/mol. The normalized spacial score (nSPS) is 19.3. The van der Waals surface area contributed by atoms with E-state index in [2.05, 4.69) is 4.98 Å². The van der Waals surface area contributed by atoms with Crippen molar-refractivity contribution in [1.29, 1.82) is 0 Å². The predicted octanol–water partition coefficient (Wildman–Crippen LogP) is 1.83. The average Bonchev–Trinajstić information content (AvgIpc) is 3.01. The molecule has 0 saturated heterocycles. The molecule has 2 aromatic rings. The average molecular weight is 303 g/mol. The SMILES string of the molecule is CC1(COc2ccc(C=O)cc2)Cn2cc([N+](=O)[O-])nc2O1. The van der Waals surface area contributed by atoms with Crippen molar-refractivity contribution in [2.45, 2.75) is 19.1 Å². The molecule has 1 aliphatic heterocycles. The topological polar surface area (TPSA) is 96.5 Å².